The van der Waals surface area contributed by atoms with Crippen LogP contribution in [0.3, 0.4) is 0 Å². The van der Waals surface area contributed by atoms with Crippen molar-refractivity contribution in [2.75, 3.05) is 33.7 Å². The maximum Gasteiger partial charge on any atom is 0.193 e. The molecule has 1 aliphatic heterocycles. The van der Waals surface area contributed by atoms with Crippen molar-refractivity contribution in [3.8, 4) is 0 Å². The standard InChI is InChI=1S/C15H27N5S.HI/c1-5-20-8-6-7-13(20)11-19(4)15(16-3)18-10-14-17-9-12(2)21-14;/h9,13H,5-8,10-11H2,1-4H3,(H,16,18);1H. The Hall–Kier alpha value is -0.410. The molecule has 1 fully saturated rings. The highest BCUT2D eigenvalue weighted by Crippen LogP contribution is 2.17. The number of halogens is 1. The van der Waals surface area contributed by atoms with E-state index in [2.05, 4.69) is 46.0 Å². The van der Waals surface area contributed by atoms with Gasteiger partial charge in [0.2, 0.25) is 0 Å². The molecule has 0 saturated carbocycles. The van der Waals surface area contributed by atoms with Gasteiger partial charge < -0.3 is 10.2 Å². The summed E-state index contributed by atoms with van der Waals surface area (Å²) >= 11 is 1.73. The van der Waals surface area contributed by atoms with Gasteiger partial charge in [0.15, 0.2) is 5.96 Å². The summed E-state index contributed by atoms with van der Waals surface area (Å²) in [5.74, 6) is 0.950. The Bertz CT molecular complexity index is 476. The van der Waals surface area contributed by atoms with Gasteiger partial charge in [-0.1, -0.05) is 6.92 Å². The Balaban J connectivity index is 0.00000242. The predicted molar refractivity (Wildman–Crippen MR) is 105 cm³/mol. The van der Waals surface area contributed by atoms with Gasteiger partial charge in [-0.15, -0.1) is 35.3 Å². The van der Waals surface area contributed by atoms with Crippen LogP contribution >= 0.6 is 35.3 Å². The van der Waals surface area contributed by atoms with Crippen molar-refractivity contribution in [2.45, 2.75) is 39.3 Å². The van der Waals surface area contributed by atoms with Gasteiger partial charge in [-0.05, 0) is 32.9 Å². The fourth-order valence-electron chi connectivity index (χ4n) is 2.94. The molecular formula is C15H28IN5S. The minimum atomic E-state index is 0. The smallest absolute Gasteiger partial charge is 0.193 e. The molecule has 0 bridgehead atoms. The number of thiazole rings is 1. The van der Waals surface area contributed by atoms with E-state index in [-0.39, 0.29) is 24.0 Å². The highest BCUT2D eigenvalue weighted by molar-refractivity contribution is 14.0. The van der Waals surface area contributed by atoms with Crippen LogP contribution < -0.4 is 5.32 Å². The van der Waals surface area contributed by atoms with Gasteiger partial charge in [0.05, 0.1) is 6.54 Å². The molecule has 2 rings (SSSR count). The summed E-state index contributed by atoms with van der Waals surface area (Å²) < 4.78 is 0. The van der Waals surface area contributed by atoms with E-state index in [9.17, 15) is 0 Å². The Morgan fingerprint density at radius 1 is 1.59 bits per heavy atom. The number of rotatable bonds is 5. The molecule has 1 N–H and O–H groups in total. The van der Waals surface area contributed by atoms with Gasteiger partial charge >= 0.3 is 0 Å². The lowest BCUT2D eigenvalue weighted by Gasteiger charge is -2.29. The largest absolute Gasteiger partial charge is 0.350 e. The number of aliphatic imine (C=N–C) groups is 1. The summed E-state index contributed by atoms with van der Waals surface area (Å²) in [6, 6.07) is 0.653. The molecule has 0 amide bonds. The number of hydrogen-bond donors (Lipinski definition) is 1. The van der Waals surface area contributed by atoms with Crippen LogP contribution in [0.5, 0.6) is 0 Å². The van der Waals surface area contributed by atoms with E-state index < -0.39 is 0 Å². The lowest BCUT2D eigenvalue weighted by molar-refractivity contribution is 0.232. The summed E-state index contributed by atoms with van der Waals surface area (Å²) in [4.78, 5) is 14.8. The van der Waals surface area contributed by atoms with E-state index in [1.165, 1.54) is 24.3 Å². The molecule has 1 aliphatic rings. The van der Waals surface area contributed by atoms with E-state index >= 15 is 0 Å². The second-order valence-electron chi connectivity index (χ2n) is 5.57. The Morgan fingerprint density at radius 3 is 2.95 bits per heavy atom. The quantitative estimate of drug-likeness (QED) is 0.437. The van der Waals surface area contributed by atoms with E-state index in [0.29, 0.717) is 6.04 Å². The van der Waals surface area contributed by atoms with Crippen molar-refractivity contribution in [1.82, 2.24) is 20.1 Å². The van der Waals surface area contributed by atoms with E-state index in [1.807, 2.05) is 13.2 Å². The molecule has 126 valence electrons. The first-order chi connectivity index (χ1) is 10.1. The topological polar surface area (TPSA) is 43.8 Å². The first kappa shape index (κ1) is 19.6. The molecule has 0 radical (unpaired) electrons. The van der Waals surface area contributed by atoms with Crippen LogP contribution in [0.25, 0.3) is 0 Å². The van der Waals surface area contributed by atoms with Crippen LogP contribution in [-0.4, -0.2) is 60.5 Å². The highest BCUT2D eigenvalue weighted by atomic mass is 127. The van der Waals surface area contributed by atoms with Gasteiger partial charge in [0, 0.05) is 37.8 Å². The van der Waals surface area contributed by atoms with Crippen LogP contribution in [0.1, 0.15) is 29.7 Å². The van der Waals surface area contributed by atoms with Gasteiger partial charge in [-0.25, -0.2) is 4.98 Å². The molecule has 1 aromatic rings. The SMILES string of the molecule is CCN1CCCC1CN(C)C(=NC)NCc1ncc(C)s1.I. The van der Waals surface area contributed by atoms with E-state index in [4.69, 9.17) is 0 Å². The third-order valence-corrected chi connectivity index (χ3v) is 4.94. The van der Waals surface area contributed by atoms with Crippen LogP contribution in [0, 0.1) is 6.92 Å². The zero-order chi connectivity index (χ0) is 15.2. The molecule has 1 atom stereocenters. The lowest BCUT2D eigenvalue weighted by Crippen LogP contribution is -2.45. The molecule has 22 heavy (non-hydrogen) atoms. The van der Waals surface area contributed by atoms with Crippen molar-refractivity contribution < 1.29 is 0 Å². The Morgan fingerprint density at radius 2 is 2.36 bits per heavy atom. The second kappa shape index (κ2) is 9.67. The van der Waals surface area contributed by atoms with Crippen LogP contribution in [0.2, 0.25) is 0 Å². The number of guanidine groups is 1. The molecule has 5 nitrogen and oxygen atoms in total. The number of nitrogens with zero attached hydrogens (tertiary/aromatic N) is 4. The van der Waals surface area contributed by atoms with Crippen LogP contribution in [0.4, 0.5) is 0 Å². The summed E-state index contributed by atoms with van der Waals surface area (Å²) in [7, 11) is 3.97. The summed E-state index contributed by atoms with van der Waals surface area (Å²) in [5.41, 5.74) is 0. The third-order valence-electron chi connectivity index (χ3n) is 4.03. The number of aromatic nitrogens is 1. The Kier molecular flexibility index (Phi) is 8.63. The van der Waals surface area contributed by atoms with Crippen molar-refractivity contribution >= 4 is 41.3 Å². The van der Waals surface area contributed by atoms with Crippen LogP contribution in [-0.2, 0) is 6.54 Å². The minimum absolute atomic E-state index is 0. The first-order valence-electron chi connectivity index (χ1n) is 7.71. The molecule has 2 heterocycles. The van der Waals surface area contributed by atoms with Crippen molar-refractivity contribution in [3.05, 3.63) is 16.1 Å². The predicted octanol–water partition coefficient (Wildman–Crippen LogP) is 2.56. The monoisotopic (exact) mass is 437 g/mol. The number of likely N-dealkylation sites (N-methyl/N-ethyl adjacent to an activating group) is 2. The van der Waals surface area contributed by atoms with Gasteiger partial charge in [-0.2, -0.15) is 0 Å². The first-order valence-corrected chi connectivity index (χ1v) is 8.52. The van der Waals surface area contributed by atoms with Crippen LogP contribution in [0.15, 0.2) is 11.2 Å². The van der Waals surface area contributed by atoms with Gasteiger partial charge in [0.1, 0.15) is 5.01 Å². The molecule has 1 saturated heterocycles. The van der Waals surface area contributed by atoms with Gasteiger partial charge in [-0.3, -0.25) is 9.89 Å². The van der Waals surface area contributed by atoms with Crippen molar-refractivity contribution in [1.29, 1.82) is 0 Å². The minimum Gasteiger partial charge on any atom is -0.350 e. The normalized spacial score (nSPS) is 19.1. The summed E-state index contributed by atoms with van der Waals surface area (Å²) in [5, 5.41) is 4.52. The second-order valence-corrected chi connectivity index (χ2v) is 6.89. The summed E-state index contributed by atoms with van der Waals surface area (Å²) in [6.45, 7) is 8.49. The fourth-order valence-corrected chi connectivity index (χ4v) is 3.67. The molecule has 0 aliphatic carbocycles. The average Bonchev–Trinajstić information content (AvgIpc) is 3.08. The molecule has 7 heteroatoms. The third kappa shape index (κ3) is 5.34. The summed E-state index contributed by atoms with van der Waals surface area (Å²) in [6.07, 6.45) is 4.53. The van der Waals surface area contributed by atoms with E-state index in [0.717, 1.165) is 30.6 Å². The number of nitrogens with one attached hydrogen (secondary N) is 1. The number of aryl methyl sites for hydroxylation is 1. The molecule has 1 aromatic heterocycles. The Labute approximate surface area is 155 Å². The van der Waals surface area contributed by atoms with E-state index in [1.54, 1.807) is 11.3 Å². The average molecular weight is 437 g/mol. The molecule has 0 aromatic carbocycles. The van der Waals surface area contributed by atoms with Gasteiger partial charge in [0.25, 0.3) is 0 Å². The molecule has 0 spiro atoms. The van der Waals surface area contributed by atoms with Crippen molar-refractivity contribution in [2.24, 2.45) is 4.99 Å². The highest BCUT2D eigenvalue weighted by Gasteiger charge is 2.24. The molecule has 1 unspecified atom stereocenters. The zero-order valence-electron chi connectivity index (χ0n) is 14.0. The zero-order valence-corrected chi connectivity index (χ0v) is 17.1. The fraction of sp³-hybridized carbons (Fsp3) is 0.733. The maximum absolute atomic E-state index is 4.39. The molecular weight excluding hydrogens is 409 g/mol. The maximum atomic E-state index is 4.39. The lowest BCUT2D eigenvalue weighted by atomic mass is 10.2. The van der Waals surface area contributed by atoms with Crippen molar-refractivity contribution in [3.63, 3.8) is 0 Å². The number of hydrogen-bond acceptors (Lipinski definition) is 4. The number of likely N-dealkylation sites (tertiary alicyclic amines) is 1.